The van der Waals surface area contributed by atoms with Gasteiger partial charge in [0, 0.05) is 12.1 Å². The summed E-state index contributed by atoms with van der Waals surface area (Å²) in [4.78, 5) is 5.16. The highest BCUT2D eigenvalue weighted by molar-refractivity contribution is 4.75. The Morgan fingerprint density at radius 1 is 1.54 bits per heavy atom. The van der Waals surface area contributed by atoms with Crippen LogP contribution in [0.5, 0.6) is 0 Å². The highest BCUT2D eigenvalue weighted by atomic mass is 16.6. The van der Waals surface area contributed by atoms with Gasteiger partial charge in [-0.15, -0.1) is 0 Å². The Kier molecular flexibility index (Phi) is 5.35. The molecule has 0 saturated carbocycles. The third-order valence-corrected chi connectivity index (χ3v) is 2.48. The Morgan fingerprint density at radius 2 is 2.38 bits per heavy atom. The van der Waals surface area contributed by atoms with Crippen molar-refractivity contribution in [1.82, 2.24) is 10.8 Å². The summed E-state index contributed by atoms with van der Waals surface area (Å²) < 4.78 is 0. The third kappa shape index (κ3) is 4.60. The largest absolute Gasteiger partial charge is 0.314 e. The third-order valence-electron chi connectivity index (χ3n) is 2.48. The molecule has 0 aliphatic carbocycles. The van der Waals surface area contributed by atoms with E-state index < -0.39 is 0 Å². The molecule has 2 atom stereocenters. The predicted molar refractivity (Wildman–Crippen MR) is 54.5 cm³/mol. The number of hydrogen-bond acceptors (Lipinski definition) is 3. The SMILES string of the molecule is CCONC(C)CC1CCCCN1. The van der Waals surface area contributed by atoms with Crippen molar-refractivity contribution >= 4 is 0 Å². The summed E-state index contributed by atoms with van der Waals surface area (Å²) in [6.07, 6.45) is 5.20. The minimum atomic E-state index is 0.454. The predicted octanol–water partition coefficient (Wildman–Crippen LogP) is 1.45. The molecule has 0 spiro atoms. The van der Waals surface area contributed by atoms with Crippen molar-refractivity contribution in [3.05, 3.63) is 0 Å². The topological polar surface area (TPSA) is 33.3 Å². The quantitative estimate of drug-likeness (QED) is 0.638. The number of piperidine rings is 1. The van der Waals surface area contributed by atoms with Crippen molar-refractivity contribution in [2.75, 3.05) is 13.2 Å². The Labute approximate surface area is 81.2 Å². The molecule has 0 radical (unpaired) electrons. The summed E-state index contributed by atoms with van der Waals surface area (Å²) in [5.41, 5.74) is 3.04. The normalized spacial score (nSPS) is 25.8. The second-order valence-electron chi connectivity index (χ2n) is 3.83. The first-order valence-corrected chi connectivity index (χ1v) is 5.43. The molecule has 3 nitrogen and oxygen atoms in total. The molecular formula is C10H22N2O. The Morgan fingerprint density at radius 3 is 3.00 bits per heavy atom. The highest BCUT2D eigenvalue weighted by Gasteiger charge is 2.15. The van der Waals surface area contributed by atoms with E-state index in [9.17, 15) is 0 Å². The fourth-order valence-corrected chi connectivity index (χ4v) is 1.83. The summed E-state index contributed by atoms with van der Waals surface area (Å²) in [5, 5.41) is 3.53. The van der Waals surface area contributed by atoms with Crippen LogP contribution in [-0.2, 0) is 4.84 Å². The van der Waals surface area contributed by atoms with Crippen LogP contribution in [0.3, 0.4) is 0 Å². The Hall–Kier alpha value is -0.120. The summed E-state index contributed by atoms with van der Waals surface area (Å²) in [5.74, 6) is 0. The molecule has 1 saturated heterocycles. The van der Waals surface area contributed by atoms with E-state index in [1.54, 1.807) is 0 Å². The van der Waals surface area contributed by atoms with Crippen LogP contribution in [0.1, 0.15) is 39.5 Å². The molecule has 1 heterocycles. The maximum Gasteiger partial charge on any atom is 0.0654 e. The lowest BCUT2D eigenvalue weighted by Gasteiger charge is -2.26. The van der Waals surface area contributed by atoms with Crippen LogP contribution in [0, 0.1) is 0 Å². The van der Waals surface area contributed by atoms with Crippen molar-refractivity contribution in [2.24, 2.45) is 0 Å². The van der Waals surface area contributed by atoms with E-state index in [2.05, 4.69) is 17.7 Å². The fourth-order valence-electron chi connectivity index (χ4n) is 1.83. The zero-order chi connectivity index (χ0) is 9.52. The first kappa shape index (κ1) is 11.0. The second-order valence-corrected chi connectivity index (χ2v) is 3.83. The zero-order valence-electron chi connectivity index (χ0n) is 8.81. The summed E-state index contributed by atoms with van der Waals surface area (Å²) >= 11 is 0. The van der Waals surface area contributed by atoms with Gasteiger partial charge in [-0.05, 0) is 39.7 Å². The van der Waals surface area contributed by atoms with Gasteiger partial charge in [-0.1, -0.05) is 6.42 Å². The Bertz CT molecular complexity index is 124. The molecule has 0 aromatic carbocycles. The molecule has 3 heteroatoms. The van der Waals surface area contributed by atoms with Crippen LogP contribution in [0.2, 0.25) is 0 Å². The number of nitrogens with one attached hydrogen (secondary N) is 2. The zero-order valence-corrected chi connectivity index (χ0v) is 8.81. The van der Waals surface area contributed by atoms with E-state index in [4.69, 9.17) is 4.84 Å². The molecule has 13 heavy (non-hydrogen) atoms. The van der Waals surface area contributed by atoms with E-state index >= 15 is 0 Å². The molecule has 78 valence electrons. The lowest BCUT2D eigenvalue weighted by Crippen LogP contribution is -2.39. The van der Waals surface area contributed by atoms with E-state index in [1.807, 2.05) is 6.92 Å². The van der Waals surface area contributed by atoms with Crippen LogP contribution in [0.15, 0.2) is 0 Å². The lowest BCUT2D eigenvalue weighted by molar-refractivity contribution is 0.0238. The monoisotopic (exact) mass is 186 g/mol. The van der Waals surface area contributed by atoms with Crippen LogP contribution < -0.4 is 10.8 Å². The van der Waals surface area contributed by atoms with Gasteiger partial charge in [0.1, 0.15) is 0 Å². The fraction of sp³-hybridized carbons (Fsp3) is 1.00. The first-order chi connectivity index (χ1) is 6.33. The van der Waals surface area contributed by atoms with Gasteiger partial charge in [-0.2, -0.15) is 5.48 Å². The average Bonchev–Trinajstić information content (AvgIpc) is 2.16. The van der Waals surface area contributed by atoms with E-state index in [0.29, 0.717) is 12.1 Å². The van der Waals surface area contributed by atoms with Crippen LogP contribution >= 0.6 is 0 Å². The van der Waals surface area contributed by atoms with Crippen molar-refractivity contribution in [1.29, 1.82) is 0 Å². The smallest absolute Gasteiger partial charge is 0.0654 e. The first-order valence-electron chi connectivity index (χ1n) is 5.43. The summed E-state index contributed by atoms with van der Waals surface area (Å²) in [6.45, 7) is 6.10. The minimum Gasteiger partial charge on any atom is -0.314 e. The number of hydroxylamine groups is 1. The van der Waals surface area contributed by atoms with Gasteiger partial charge in [0.25, 0.3) is 0 Å². The van der Waals surface area contributed by atoms with Gasteiger partial charge in [0.2, 0.25) is 0 Å². The molecule has 0 aromatic rings. The molecule has 1 rings (SSSR count). The molecule has 1 aliphatic heterocycles. The standard InChI is InChI=1S/C10H22N2O/c1-3-13-12-9(2)8-10-6-4-5-7-11-10/h9-12H,3-8H2,1-2H3. The van der Waals surface area contributed by atoms with Gasteiger partial charge < -0.3 is 10.2 Å². The maximum atomic E-state index is 5.16. The molecule has 2 unspecified atom stereocenters. The van der Waals surface area contributed by atoms with Crippen molar-refractivity contribution in [2.45, 2.75) is 51.6 Å². The van der Waals surface area contributed by atoms with E-state index in [1.165, 1.54) is 32.2 Å². The lowest BCUT2D eigenvalue weighted by atomic mass is 9.99. The van der Waals surface area contributed by atoms with Crippen molar-refractivity contribution in [3.8, 4) is 0 Å². The average molecular weight is 186 g/mol. The van der Waals surface area contributed by atoms with Gasteiger partial charge >= 0.3 is 0 Å². The minimum absolute atomic E-state index is 0.454. The van der Waals surface area contributed by atoms with Gasteiger partial charge in [0.15, 0.2) is 0 Å². The van der Waals surface area contributed by atoms with E-state index in [0.717, 1.165) is 6.61 Å². The molecule has 1 fully saturated rings. The van der Waals surface area contributed by atoms with Gasteiger partial charge in [-0.25, -0.2) is 0 Å². The van der Waals surface area contributed by atoms with Crippen molar-refractivity contribution < 1.29 is 4.84 Å². The van der Waals surface area contributed by atoms with Crippen molar-refractivity contribution in [3.63, 3.8) is 0 Å². The number of hydrogen-bond donors (Lipinski definition) is 2. The van der Waals surface area contributed by atoms with Gasteiger partial charge in [0.05, 0.1) is 6.61 Å². The molecular weight excluding hydrogens is 164 g/mol. The maximum absolute atomic E-state index is 5.16. The van der Waals surface area contributed by atoms with Crippen LogP contribution in [0.25, 0.3) is 0 Å². The van der Waals surface area contributed by atoms with Gasteiger partial charge in [-0.3, -0.25) is 0 Å². The second kappa shape index (κ2) is 6.35. The highest BCUT2D eigenvalue weighted by Crippen LogP contribution is 2.11. The molecule has 0 bridgehead atoms. The summed E-state index contributed by atoms with van der Waals surface area (Å²) in [6, 6.07) is 1.15. The van der Waals surface area contributed by atoms with Crippen LogP contribution in [0.4, 0.5) is 0 Å². The summed E-state index contributed by atoms with van der Waals surface area (Å²) in [7, 11) is 0. The Balaban J connectivity index is 2.07. The molecule has 0 amide bonds. The van der Waals surface area contributed by atoms with E-state index in [-0.39, 0.29) is 0 Å². The molecule has 2 N–H and O–H groups in total. The molecule has 1 aliphatic rings. The number of rotatable bonds is 5. The molecule has 0 aromatic heterocycles. The van der Waals surface area contributed by atoms with Crippen LogP contribution in [-0.4, -0.2) is 25.2 Å².